The predicted octanol–water partition coefficient (Wildman–Crippen LogP) is 3.08. The Morgan fingerprint density at radius 2 is 1.42 bits per heavy atom. The van der Waals surface area contributed by atoms with Crippen molar-refractivity contribution in [2.24, 2.45) is 16.7 Å². The fourth-order valence-electron chi connectivity index (χ4n) is 1.38. The Morgan fingerprint density at radius 1 is 1.00 bits per heavy atom. The van der Waals surface area contributed by atoms with E-state index in [2.05, 4.69) is 41.5 Å². The Morgan fingerprint density at radius 3 is 1.50 bits per heavy atom. The molecule has 0 fully saturated rings. The Balaban J connectivity index is 4.20. The van der Waals surface area contributed by atoms with E-state index in [0.717, 1.165) is 6.42 Å². The highest BCUT2D eigenvalue weighted by atomic mass is 16.3. The fraction of sp³-hybridized carbons (Fsp3) is 1.00. The van der Waals surface area contributed by atoms with Crippen LogP contribution in [0.1, 0.15) is 48.0 Å². The highest BCUT2D eigenvalue weighted by molar-refractivity contribution is 4.78. The van der Waals surface area contributed by atoms with Gasteiger partial charge in [0.05, 0.1) is 0 Å². The average molecular weight is 172 g/mol. The van der Waals surface area contributed by atoms with E-state index in [1.165, 1.54) is 0 Å². The molecule has 0 aliphatic heterocycles. The molecule has 12 heavy (non-hydrogen) atoms. The summed E-state index contributed by atoms with van der Waals surface area (Å²) in [4.78, 5) is 0. The minimum Gasteiger partial charge on any atom is -0.396 e. The third kappa shape index (κ3) is 4.76. The molecule has 1 atom stereocenters. The van der Waals surface area contributed by atoms with Gasteiger partial charge in [0.2, 0.25) is 0 Å². The zero-order valence-corrected chi connectivity index (χ0v) is 9.44. The third-order valence-electron chi connectivity index (χ3n) is 2.30. The zero-order chi connectivity index (χ0) is 9.99. The third-order valence-corrected chi connectivity index (χ3v) is 2.30. The monoisotopic (exact) mass is 172 g/mol. The maximum atomic E-state index is 9.22. The summed E-state index contributed by atoms with van der Waals surface area (Å²) >= 11 is 0. The maximum absolute atomic E-state index is 9.22. The van der Waals surface area contributed by atoms with Crippen LogP contribution in [0.3, 0.4) is 0 Å². The van der Waals surface area contributed by atoms with Crippen molar-refractivity contribution >= 4 is 0 Å². The van der Waals surface area contributed by atoms with Crippen molar-refractivity contribution in [2.45, 2.75) is 48.0 Å². The van der Waals surface area contributed by atoms with Crippen molar-refractivity contribution in [3.05, 3.63) is 0 Å². The quantitative estimate of drug-likeness (QED) is 0.678. The molecule has 74 valence electrons. The molecule has 0 amide bonds. The van der Waals surface area contributed by atoms with E-state index in [1.54, 1.807) is 0 Å². The van der Waals surface area contributed by atoms with Gasteiger partial charge in [0.15, 0.2) is 0 Å². The predicted molar refractivity (Wildman–Crippen MR) is 54.1 cm³/mol. The molecule has 0 bridgehead atoms. The SMILES string of the molecule is CC(C)(C)CC(CO)C(C)(C)C. The first kappa shape index (κ1) is 12.0. The van der Waals surface area contributed by atoms with Crippen LogP contribution in [0, 0.1) is 16.7 Å². The summed E-state index contributed by atoms with van der Waals surface area (Å²) in [6, 6.07) is 0. The molecule has 0 rings (SSSR count). The maximum Gasteiger partial charge on any atom is 0.0464 e. The number of hydrogen-bond donors (Lipinski definition) is 1. The standard InChI is InChI=1S/C11H24O/c1-10(2,3)7-9(8-12)11(4,5)6/h9,12H,7-8H2,1-6H3. The van der Waals surface area contributed by atoms with Gasteiger partial charge >= 0.3 is 0 Å². The fourth-order valence-corrected chi connectivity index (χ4v) is 1.38. The first-order chi connectivity index (χ1) is 5.17. The lowest BCUT2D eigenvalue weighted by molar-refractivity contribution is 0.0910. The summed E-state index contributed by atoms with van der Waals surface area (Å²) in [5.74, 6) is 0.414. The molecule has 0 aromatic carbocycles. The largest absolute Gasteiger partial charge is 0.396 e. The molecular formula is C11H24O. The van der Waals surface area contributed by atoms with Crippen LogP contribution < -0.4 is 0 Å². The normalized spacial score (nSPS) is 16.2. The second-order valence-electron chi connectivity index (χ2n) is 6.01. The molecule has 1 heteroatoms. The second kappa shape index (κ2) is 3.78. The Kier molecular flexibility index (Phi) is 3.77. The summed E-state index contributed by atoms with van der Waals surface area (Å²) < 4.78 is 0. The van der Waals surface area contributed by atoms with E-state index < -0.39 is 0 Å². The van der Waals surface area contributed by atoms with Crippen molar-refractivity contribution in [1.82, 2.24) is 0 Å². The molecule has 1 unspecified atom stereocenters. The Bertz CT molecular complexity index is 125. The average Bonchev–Trinajstić information content (AvgIpc) is 1.78. The van der Waals surface area contributed by atoms with E-state index in [4.69, 9.17) is 0 Å². The smallest absolute Gasteiger partial charge is 0.0464 e. The molecule has 0 aromatic heterocycles. The molecule has 0 aliphatic carbocycles. The molecular weight excluding hydrogens is 148 g/mol. The molecule has 0 radical (unpaired) electrons. The van der Waals surface area contributed by atoms with Gasteiger partial charge in [0.1, 0.15) is 0 Å². The first-order valence-corrected chi connectivity index (χ1v) is 4.77. The minimum atomic E-state index is 0.224. The molecule has 0 saturated heterocycles. The van der Waals surface area contributed by atoms with Gasteiger partial charge in [-0.2, -0.15) is 0 Å². The molecule has 0 saturated carbocycles. The van der Waals surface area contributed by atoms with Crippen LogP contribution in [0.2, 0.25) is 0 Å². The molecule has 0 aromatic rings. The van der Waals surface area contributed by atoms with Crippen LogP contribution in [0.15, 0.2) is 0 Å². The van der Waals surface area contributed by atoms with Crippen molar-refractivity contribution in [1.29, 1.82) is 0 Å². The minimum absolute atomic E-state index is 0.224. The van der Waals surface area contributed by atoms with E-state index in [1.807, 2.05) is 0 Å². The van der Waals surface area contributed by atoms with Gasteiger partial charge < -0.3 is 5.11 Å². The van der Waals surface area contributed by atoms with Crippen molar-refractivity contribution in [2.75, 3.05) is 6.61 Å². The van der Waals surface area contributed by atoms with Crippen LogP contribution in [0.5, 0.6) is 0 Å². The number of aliphatic hydroxyl groups is 1. The summed E-state index contributed by atoms with van der Waals surface area (Å²) in [6.45, 7) is 13.6. The lowest BCUT2D eigenvalue weighted by Gasteiger charge is -2.34. The van der Waals surface area contributed by atoms with Gasteiger partial charge in [-0.3, -0.25) is 0 Å². The van der Waals surface area contributed by atoms with Crippen LogP contribution in [-0.2, 0) is 0 Å². The van der Waals surface area contributed by atoms with Gasteiger partial charge in [-0.15, -0.1) is 0 Å². The Hall–Kier alpha value is -0.0400. The second-order valence-corrected chi connectivity index (χ2v) is 6.01. The summed E-state index contributed by atoms with van der Waals surface area (Å²) in [5.41, 5.74) is 0.544. The van der Waals surface area contributed by atoms with Crippen LogP contribution >= 0.6 is 0 Å². The lowest BCUT2D eigenvalue weighted by Crippen LogP contribution is -2.28. The van der Waals surface area contributed by atoms with Gasteiger partial charge in [0.25, 0.3) is 0 Å². The molecule has 1 N–H and O–H groups in total. The van der Waals surface area contributed by atoms with E-state index >= 15 is 0 Å². The van der Waals surface area contributed by atoms with Crippen molar-refractivity contribution in [3.63, 3.8) is 0 Å². The number of rotatable bonds is 2. The molecule has 0 aliphatic rings. The topological polar surface area (TPSA) is 20.2 Å². The summed E-state index contributed by atoms with van der Waals surface area (Å²) in [5, 5.41) is 9.22. The molecule has 0 spiro atoms. The van der Waals surface area contributed by atoms with Gasteiger partial charge in [0, 0.05) is 6.61 Å². The number of hydrogen-bond acceptors (Lipinski definition) is 1. The van der Waals surface area contributed by atoms with Crippen molar-refractivity contribution in [3.8, 4) is 0 Å². The Labute approximate surface area is 77.2 Å². The summed E-state index contributed by atoms with van der Waals surface area (Å²) in [7, 11) is 0. The van der Waals surface area contributed by atoms with Gasteiger partial charge in [-0.1, -0.05) is 41.5 Å². The van der Waals surface area contributed by atoms with Crippen LogP contribution in [0.4, 0.5) is 0 Å². The van der Waals surface area contributed by atoms with Gasteiger partial charge in [-0.05, 0) is 23.2 Å². The summed E-state index contributed by atoms with van der Waals surface area (Å²) in [6.07, 6.45) is 1.09. The molecule has 1 nitrogen and oxygen atoms in total. The van der Waals surface area contributed by atoms with E-state index in [-0.39, 0.29) is 5.41 Å². The van der Waals surface area contributed by atoms with Gasteiger partial charge in [-0.25, -0.2) is 0 Å². The highest BCUT2D eigenvalue weighted by Crippen LogP contribution is 2.35. The number of aliphatic hydroxyl groups excluding tert-OH is 1. The van der Waals surface area contributed by atoms with E-state index in [0.29, 0.717) is 17.9 Å². The lowest BCUT2D eigenvalue weighted by atomic mass is 9.73. The van der Waals surface area contributed by atoms with Crippen LogP contribution in [-0.4, -0.2) is 11.7 Å². The van der Waals surface area contributed by atoms with Crippen LogP contribution in [0.25, 0.3) is 0 Å². The first-order valence-electron chi connectivity index (χ1n) is 4.77. The van der Waals surface area contributed by atoms with E-state index in [9.17, 15) is 5.11 Å². The molecule has 0 heterocycles. The zero-order valence-electron chi connectivity index (χ0n) is 9.44. The van der Waals surface area contributed by atoms with Crippen molar-refractivity contribution < 1.29 is 5.11 Å². The highest BCUT2D eigenvalue weighted by Gasteiger charge is 2.27.